The third-order valence-electron chi connectivity index (χ3n) is 3.04. The van der Waals surface area contributed by atoms with Crippen LogP contribution in [0.2, 0.25) is 0 Å². The quantitative estimate of drug-likeness (QED) is 0.883. The zero-order valence-electron chi connectivity index (χ0n) is 11.8. The van der Waals surface area contributed by atoms with Crippen LogP contribution in [0.4, 0.5) is 5.69 Å². The number of anilines is 1. The second-order valence-corrected chi connectivity index (χ2v) is 4.56. The second kappa shape index (κ2) is 6.13. The Balaban J connectivity index is 2.06. The van der Waals surface area contributed by atoms with E-state index in [1.807, 2.05) is 6.92 Å². The molecular formula is C15H16N2O4. The summed E-state index contributed by atoms with van der Waals surface area (Å²) in [6, 6.07) is 8.34. The van der Waals surface area contributed by atoms with Gasteiger partial charge in [0.15, 0.2) is 0 Å². The largest absolute Gasteiger partial charge is 0.496 e. The number of hydrogen-bond donors (Lipinski definition) is 2. The number of benzene rings is 1. The SMILES string of the molecule is COc1ccc(NC(=O)Cn2cccc2C(=O)O)cc1C. The molecule has 0 aliphatic rings. The van der Waals surface area contributed by atoms with Gasteiger partial charge in [0.05, 0.1) is 7.11 Å². The first kappa shape index (κ1) is 14.6. The van der Waals surface area contributed by atoms with Crippen LogP contribution in [0.15, 0.2) is 36.5 Å². The summed E-state index contributed by atoms with van der Waals surface area (Å²) in [5.74, 6) is -0.613. The van der Waals surface area contributed by atoms with Crippen LogP contribution in [0, 0.1) is 6.92 Å². The Morgan fingerprint density at radius 1 is 1.33 bits per heavy atom. The number of carboxylic acid groups (broad SMARTS) is 1. The van der Waals surface area contributed by atoms with E-state index in [-0.39, 0.29) is 18.1 Å². The summed E-state index contributed by atoms with van der Waals surface area (Å²) >= 11 is 0. The molecule has 0 aliphatic heterocycles. The van der Waals surface area contributed by atoms with Crippen molar-refractivity contribution in [1.29, 1.82) is 0 Å². The molecule has 0 fully saturated rings. The first-order valence-electron chi connectivity index (χ1n) is 6.34. The number of carbonyl (C=O) groups is 2. The smallest absolute Gasteiger partial charge is 0.352 e. The first-order chi connectivity index (χ1) is 10.0. The Bertz CT molecular complexity index is 676. The van der Waals surface area contributed by atoms with E-state index in [4.69, 9.17) is 9.84 Å². The van der Waals surface area contributed by atoms with E-state index in [1.165, 1.54) is 10.6 Å². The number of carbonyl (C=O) groups excluding carboxylic acids is 1. The summed E-state index contributed by atoms with van der Waals surface area (Å²) in [6.45, 7) is 1.82. The number of aromatic nitrogens is 1. The highest BCUT2D eigenvalue weighted by atomic mass is 16.5. The second-order valence-electron chi connectivity index (χ2n) is 4.56. The molecule has 6 heteroatoms. The highest BCUT2D eigenvalue weighted by Gasteiger charge is 2.12. The third-order valence-corrected chi connectivity index (χ3v) is 3.04. The normalized spacial score (nSPS) is 10.2. The number of carboxylic acids is 1. The van der Waals surface area contributed by atoms with E-state index in [1.54, 1.807) is 37.6 Å². The maximum Gasteiger partial charge on any atom is 0.352 e. The maximum atomic E-state index is 12.0. The van der Waals surface area contributed by atoms with Crippen molar-refractivity contribution in [2.45, 2.75) is 13.5 Å². The monoisotopic (exact) mass is 288 g/mol. The molecule has 1 amide bonds. The van der Waals surface area contributed by atoms with Crippen LogP contribution in [0.5, 0.6) is 5.75 Å². The van der Waals surface area contributed by atoms with E-state index in [2.05, 4.69) is 5.32 Å². The van der Waals surface area contributed by atoms with E-state index in [9.17, 15) is 9.59 Å². The van der Waals surface area contributed by atoms with Gasteiger partial charge < -0.3 is 19.7 Å². The Kier molecular flexibility index (Phi) is 4.27. The lowest BCUT2D eigenvalue weighted by Crippen LogP contribution is -2.20. The van der Waals surface area contributed by atoms with Gasteiger partial charge in [0, 0.05) is 11.9 Å². The fourth-order valence-corrected chi connectivity index (χ4v) is 2.06. The zero-order chi connectivity index (χ0) is 15.4. The average molecular weight is 288 g/mol. The molecule has 110 valence electrons. The summed E-state index contributed by atoms with van der Waals surface area (Å²) < 4.78 is 6.53. The molecule has 2 aromatic rings. The maximum absolute atomic E-state index is 12.0. The van der Waals surface area contributed by atoms with Crippen molar-refractivity contribution in [3.63, 3.8) is 0 Å². The van der Waals surface area contributed by atoms with Crippen molar-refractivity contribution >= 4 is 17.6 Å². The molecule has 0 bridgehead atoms. The van der Waals surface area contributed by atoms with Gasteiger partial charge in [-0.1, -0.05) is 0 Å². The molecule has 0 saturated heterocycles. The van der Waals surface area contributed by atoms with Gasteiger partial charge in [-0.15, -0.1) is 0 Å². The predicted octanol–water partition coefficient (Wildman–Crippen LogP) is 2.14. The number of amides is 1. The van der Waals surface area contributed by atoms with Crippen LogP contribution in [0.3, 0.4) is 0 Å². The standard InChI is InChI=1S/C15H16N2O4/c1-10-8-11(5-6-13(10)21-2)16-14(18)9-17-7-3-4-12(17)15(19)20/h3-8H,9H2,1-2H3,(H,16,18)(H,19,20). The van der Waals surface area contributed by atoms with Gasteiger partial charge in [-0.05, 0) is 42.8 Å². The molecular weight excluding hydrogens is 272 g/mol. The Morgan fingerprint density at radius 3 is 2.71 bits per heavy atom. The van der Waals surface area contributed by atoms with Crippen LogP contribution in [-0.2, 0) is 11.3 Å². The highest BCUT2D eigenvalue weighted by Crippen LogP contribution is 2.21. The number of nitrogens with zero attached hydrogens (tertiary/aromatic N) is 1. The molecule has 1 aromatic heterocycles. The lowest BCUT2D eigenvalue weighted by molar-refractivity contribution is -0.116. The molecule has 1 aromatic carbocycles. The van der Waals surface area contributed by atoms with Crippen molar-refractivity contribution in [2.24, 2.45) is 0 Å². The van der Waals surface area contributed by atoms with Crippen LogP contribution < -0.4 is 10.1 Å². The first-order valence-corrected chi connectivity index (χ1v) is 6.34. The summed E-state index contributed by atoms with van der Waals surface area (Å²) in [5, 5.41) is 11.7. The van der Waals surface area contributed by atoms with Crippen molar-refractivity contribution in [3.8, 4) is 5.75 Å². The lowest BCUT2D eigenvalue weighted by Gasteiger charge is -2.10. The lowest BCUT2D eigenvalue weighted by atomic mass is 10.2. The van der Waals surface area contributed by atoms with Gasteiger partial charge in [-0.3, -0.25) is 4.79 Å². The summed E-state index contributed by atoms with van der Waals surface area (Å²) in [7, 11) is 1.58. The molecule has 6 nitrogen and oxygen atoms in total. The molecule has 2 rings (SSSR count). The molecule has 1 heterocycles. The van der Waals surface area contributed by atoms with Crippen LogP contribution in [0.1, 0.15) is 16.1 Å². The third kappa shape index (κ3) is 3.42. The minimum Gasteiger partial charge on any atom is -0.496 e. The molecule has 0 radical (unpaired) electrons. The van der Waals surface area contributed by atoms with Gasteiger partial charge >= 0.3 is 5.97 Å². The number of hydrogen-bond acceptors (Lipinski definition) is 3. The summed E-state index contributed by atoms with van der Waals surface area (Å²) in [4.78, 5) is 22.9. The average Bonchev–Trinajstić information content (AvgIpc) is 2.87. The van der Waals surface area contributed by atoms with Gasteiger partial charge in [0.25, 0.3) is 0 Å². The molecule has 21 heavy (non-hydrogen) atoms. The van der Waals surface area contributed by atoms with E-state index in [0.717, 1.165) is 11.3 Å². The minimum absolute atomic E-state index is 0.0558. The zero-order valence-corrected chi connectivity index (χ0v) is 11.8. The van der Waals surface area contributed by atoms with Gasteiger partial charge in [0.2, 0.25) is 5.91 Å². The Morgan fingerprint density at radius 2 is 2.10 bits per heavy atom. The number of nitrogens with one attached hydrogen (secondary N) is 1. The van der Waals surface area contributed by atoms with Crippen molar-refractivity contribution < 1.29 is 19.4 Å². The van der Waals surface area contributed by atoms with E-state index < -0.39 is 5.97 Å². The van der Waals surface area contributed by atoms with Crippen molar-refractivity contribution in [2.75, 3.05) is 12.4 Å². The molecule has 0 spiro atoms. The minimum atomic E-state index is -1.06. The van der Waals surface area contributed by atoms with E-state index >= 15 is 0 Å². The number of rotatable bonds is 5. The molecule has 0 atom stereocenters. The van der Waals surface area contributed by atoms with Crippen LogP contribution in [0.25, 0.3) is 0 Å². The van der Waals surface area contributed by atoms with Crippen molar-refractivity contribution in [1.82, 2.24) is 4.57 Å². The highest BCUT2D eigenvalue weighted by molar-refractivity contribution is 5.92. The van der Waals surface area contributed by atoms with Crippen LogP contribution >= 0.6 is 0 Å². The number of methoxy groups -OCH3 is 1. The van der Waals surface area contributed by atoms with E-state index in [0.29, 0.717) is 5.69 Å². The van der Waals surface area contributed by atoms with Gasteiger partial charge in [-0.25, -0.2) is 4.79 Å². The van der Waals surface area contributed by atoms with Gasteiger partial charge in [-0.2, -0.15) is 0 Å². The fourth-order valence-electron chi connectivity index (χ4n) is 2.06. The fraction of sp³-hybridized carbons (Fsp3) is 0.200. The predicted molar refractivity (Wildman–Crippen MR) is 77.8 cm³/mol. The van der Waals surface area contributed by atoms with Crippen LogP contribution in [-0.4, -0.2) is 28.7 Å². The number of aryl methyl sites for hydroxylation is 1. The summed E-state index contributed by atoms with van der Waals surface area (Å²) in [5.41, 5.74) is 1.63. The van der Waals surface area contributed by atoms with Gasteiger partial charge in [0.1, 0.15) is 18.0 Å². The number of ether oxygens (including phenoxy) is 1. The molecule has 0 saturated carbocycles. The summed E-state index contributed by atoms with van der Waals surface area (Å²) in [6.07, 6.45) is 1.56. The topological polar surface area (TPSA) is 80.6 Å². The number of aromatic carboxylic acids is 1. The molecule has 0 aliphatic carbocycles. The van der Waals surface area contributed by atoms with Crippen molar-refractivity contribution in [3.05, 3.63) is 47.8 Å². The Hall–Kier alpha value is -2.76. The molecule has 2 N–H and O–H groups in total. The Labute approximate surface area is 122 Å². The molecule has 0 unspecified atom stereocenters.